The van der Waals surface area contributed by atoms with Gasteiger partial charge in [-0.15, -0.1) is 0 Å². The highest BCUT2D eigenvalue weighted by Gasteiger charge is 2.37. The van der Waals surface area contributed by atoms with Crippen LogP contribution in [-0.4, -0.2) is 37.6 Å². The molecule has 1 fully saturated rings. The molecule has 3 aliphatic rings. The predicted molar refractivity (Wildman–Crippen MR) is 121 cm³/mol. The van der Waals surface area contributed by atoms with Gasteiger partial charge in [-0.1, -0.05) is 38.2 Å². The Hall–Kier alpha value is -1.24. The van der Waals surface area contributed by atoms with Crippen molar-refractivity contribution in [1.82, 2.24) is 4.31 Å². The number of hydrogen-bond acceptors (Lipinski definition) is 4. The molecule has 1 unspecified atom stereocenters. The highest BCUT2D eigenvalue weighted by molar-refractivity contribution is 7.93. The third kappa shape index (κ3) is 5.89. The number of nitrogens with zero attached hydrogens (tertiary/aromatic N) is 2. The lowest BCUT2D eigenvalue weighted by Gasteiger charge is -2.38. The van der Waals surface area contributed by atoms with Gasteiger partial charge in [0.15, 0.2) is 5.03 Å². The molecule has 1 saturated carbocycles. The van der Waals surface area contributed by atoms with Gasteiger partial charge in [0, 0.05) is 30.8 Å². The second kappa shape index (κ2) is 9.71. The number of aliphatic imine (C=N–C) groups is 1. The van der Waals surface area contributed by atoms with Crippen LogP contribution < -0.4 is 5.73 Å². The fourth-order valence-electron chi connectivity index (χ4n) is 4.63. The molecule has 0 aromatic heterocycles. The first-order valence-electron chi connectivity index (χ1n) is 11.2. The van der Waals surface area contributed by atoms with E-state index >= 15 is 0 Å². The van der Waals surface area contributed by atoms with Gasteiger partial charge < -0.3 is 5.73 Å². The zero-order chi connectivity index (χ0) is 20.9. The van der Waals surface area contributed by atoms with Crippen molar-refractivity contribution >= 4 is 16.2 Å². The van der Waals surface area contributed by atoms with Gasteiger partial charge in [0.25, 0.3) is 10.0 Å². The molecule has 0 aromatic carbocycles. The maximum absolute atomic E-state index is 13.5. The molecule has 0 spiro atoms. The van der Waals surface area contributed by atoms with Gasteiger partial charge in [0.2, 0.25) is 0 Å². The van der Waals surface area contributed by atoms with Crippen molar-refractivity contribution < 1.29 is 8.42 Å². The summed E-state index contributed by atoms with van der Waals surface area (Å²) in [5, 5.41) is 0.227. The summed E-state index contributed by atoms with van der Waals surface area (Å²) in [6, 6.07) is 0.233. The zero-order valence-corrected chi connectivity index (χ0v) is 18.8. The van der Waals surface area contributed by atoms with E-state index in [4.69, 9.17) is 5.73 Å². The van der Waals surface area contributed by atoms with Crippen LogP contribution in [-0.2, 0) is 10.0 Å². The van der Waals surface area contributed by atoms with E-state index in [1.165, 1.54) is 0 Å². The Morgan fingerprint density at radius 1 is 1.14 bits per heavy atom. The number of sulfonamides is 1. The van der Waals surface area contributed by atoms with Crippen molar-refractivity contribution in [3.05, 3.63) is 35.4 Å². The summed E-state index contributed by atoms with van der Waals surface area (Å²) in [6.07, 6.45) is 20.8. The maximum atomic E-state index is 13.5. The predicted octanol–water partition coefficient (Wildman–Crippen LogP) is 4.53. The van der Waals surface area contributed by atoms with E-state index in [9.17, 15) is 8.42 Å². The van der Waals surface area contributed by atoms with Crippen molar-refractivity contribution in [2.45, 2.75) is 83.7 Å². The van der Waals surface area contributed by atoms with E-state index < -0.39 is 10.0 Å². The Morgan fingerprint density at radius 2 is 1.76 bits per heavy atom. The molecule has 3 rings (SSSR count). The molecular formula is C23H37N3O2S. The van der Waals surface area contributed by atoms with Crippen LogP contribution in [0.15, 0.2) is 40.4 Å². The van der Waals surface area contributed by atoms with Crippen LogP contribution in [0.4, 0.5) is 0 Å². The molecule has 162 valence electrons. The minimum Gasteiger partial charge on any atom is -0.328 e. The second-order valence-corrected chi connectivity index (χ2v) is 11.2. The monoisotopic (exact) mass is 419 g/mol. The molecule has 1 heterocycles. The quantitative estimate of drug-likeness (QED) is 0.687. The molecule has 0 radical (unpaired) electrons. The third-order valence-corrected chi connectivity index (χ3v) is 8.58. The molecular weight excluding hydrogens is 382 g/mol. The Labute approximate surface area is 176 Å². The molecule has 2 aliphatic carbocycles. The largest absolute Gasteiger partial charge is 0.328 e. The van der Waals surface area contributed by atoms with Crippen molar-refractivity contribution in [1.29, 1.82) is 0 Å². The van der Waals surface area contributed by atoms with Crippen LogP contribution >= 0.6 is 0 Å². The summed E-state index contributed by atoms with van der Waals surface area (Å²) >= 11 is 0. The molecule has 1 atom stereocenters. The van der Waals surface area contributed by atoms with E-state index in [0.29, 0.717) is 6.54 Å². The smallest absolute Gasteiger partial charge is 0.260 e. The van der Waals surface area contributed by atoms with Gasteiger partial charge >= 0.3 is 0 Å². The summed E-state index contributed by atoms with van der Waals surface area (Å²) in [7, 11) is -3.57. The van der Waals surface area contributed by atoms with Crippen molar-refractivity contribution in [2.75, 3.05) is 6.54 Å². The average molecular weight is 420 g/mol. The SMILES string of the molecule is CC1C=NC(S(=O)(=O)N(CCC2(C)CC/C=C\C=C/CC2)C2CCC(N)CC2)=C1. The van der Waals surface area contributed by atoms with Crippen LogP contribution in [0.25, 0.3) is 0 Å². The number of hydrogen-bond donors (Lipinski definition) is 1. The maximum Gasteiger partial charge on any atom is 0.260 e. The summed E-state index contributed by atoms with van der Waals surface area (Å²) in [6.45, 7) is 4.85. The van der Waals surface area contributed by atoms with Crippen LogP contribution in [0.2, 0.25) is 0 Å². The van der Waals surface area contributed by atoms with Gasteiger partial charge in [0.05, 0.1) is 0 Å². The van der Waals surface area contributed by atoms with Crippen LogP contribution in [0.3, 0.4) is 0 Å². The minimum atomic E-state index is -3.57. The zero-order valence-electron chi connectivity index (χ0n) is 18.0. The highest BCUT2D eigenvalue weighted by atomic mass is 32.2. The Kier molecular flexibility index (Phi) is 7.52. The van der Waals surface area contributed by atoms with Crippen LogP contribution in [0.5, 0.6) is 0 Å². The molecule has 6 heteroatoms. The van der Waals surface area contributed by atoms with E-state index in [-0.39, 0.29) is 28.4 Å². The normalized spacial score (nSPS) is 32.3. The number of nitrogens with two attached hydrogens (primary N) is 1. The highest BCUT2D eigenvalue weighted by Crippen LogP contribution is 2.37. The fourth-order valence-corrected chi connectivity index (χ4v) is 6.39. The molecule has 0 amide bonds. The standard InChI is InChI=1S/C23H37N3O2S/c1-19-17-22(25-18-19)29(27,28)26(21-11-9-20(24)10-12-21)16-15-23(2)13-7-5-3-4-6-8-14-23/h3-6,17-21H,7-16,24H2,1-2H3/b5-3-,6-4-. The van der Waals surface area contributed by atoms with Gasteiger partial charge in [0.1, 0.15) is 0 Å². The lowest BCUT2D eigenvalue weighted by Crippen LogP contribution is -2.45. The van der Waals surface area contributed by atoms with E-state index in [2.05, 4.69) is 36.2 Å². The Balaban J connectivity index is 1.78. The first kappa shape index (κ1) is 22.4. The summed E-state index contributed by atoms with van der Waals surface area (Å²) in [4.78, 5) is 4.23. The Bertz CT molecular complexity index is 758. The molecule has 0 bridgehead atoms. The summed E-state index contributed by atoms with van der Waals surface area (Å²) in [5.41, 5.74) is 6.23. The van der Waals surface area contributed by atoms with E-state index in [1.807, 2.05) is 6.92 Å². The van der Waals surface area contributed by atoms with Crippen LogP contribution in [0, 0.1) is 11.3 Å². The third-order valence-electron chi connectivity index (χ3n) is 6.71. The fraction of sp³-hybridized carbons (Fsp3) is 0.696. The summed E-state index contributed by atoms with van der Waals surface area (Å²) < 4.78 is 28.8. The molecule has 0 aromatic rings. The van der Waals surface area contributed by atoms with Gasteiger partial charge in [-0.25, -0.2) is 13.4 Å². The summed E-state index contributed by atoms with van der Waals surface area (Å²) in [5.74, 6) is 0.0758. The van der Waals surface area contributed by atoms with Gasteiger partial charge in [-0.3, -0.25) is 0 Å². The molecule has 0 saturated heterocycles. The number of allylic oxidation sites excluding steroid dienone is 5. The van der Waals surface area contributed by atoms with E-state index in [1.54, 1.807) is 16.6 Å². The van der Waals surface area contributed by atoms with Crippen molar-refractivity contribution in [3.63, 3.8) is 0 Å². The minimum absolute atomic E-state index is 0.0338. The molecule has 2 N–H and O–H groups in total. The average Bonchev–Trinajstić information content (AvgIpc) is 3.15. The number of rotatable bonds is 6. The molecule has 5 nitrogen and oxygen atoms in total. The topological polar surface area (TPSA) is 75.8 Å². The van der Waals surface area contributed by atoms with Crippen molar-refractivity contribution in [2.24, 2.45) is 22.1 Å². The lowest BCUT2D eigenvalue weighted by atomic mass is 9.78. The van der Waals surface area contributed by atoms with Crippen molar-refractivity contribution in [3.8, 4) is 0 Å². The lowest BCUT2D eigenvalue weighted by molar-refractivity contribution is 0.187. The first-order valence-corrected chi connectivity index (χ1v) is 12.6. The van der Waals surface area contributed by atoms with Gasteiger partial charge in [-0.2, -0.15) is 4.31 Å². The Morgan fingerprint density at radius 3 is 2.31 bits per heavy atom. The second-order valence-electron chi connectivity index (χ2n) is 9.32. The van der Waals surface area contributed by atoms with E-state index in [0.717, 1.165) is 57.8 Å². The van der Waals surface area contributed by atoms with Gasteiger partial charge in [-0.05, 0) is 69.3 Å². The first-order chi connectivity index (χ1) is 13.8. The van der Waals surface area contributed by atoms with Crippen LogP contribution in [0.1, 0.15) is 71.6 Å². The molecule has 29 heavy (non-hydrogen) atoms. The molecule has 1 aliphatic heterocycles.